The maximum Gasteiger partial charge on any atom is 0.290 e. The van der Waals surface area contributed by atoms with E-state index in [4.69, 9.17) is 0 Å². The number of carbonyl (C=O) groups excluding carboxylic acids is 2. The molecule has 28 heavy (non-hydrogen) atoms. The maximum absolute atomic E-state index is 12.7. The van der Waals surface area contributed by atoms with Crippen molar-refractivity contribution in [1.29, 1.82) is 0 Å². The van der Waals surface area contributed by atoms with Gasteiger partial charge in [-0.15, -0.1) is 0 Å². The second-order valence-corrected chi connectivity index (χ2v) is 8.56. The van der Waals surface area contributed by atoms with Crippen LogP contribution in [0.25, 0.3) is 0 Å². The van der Waals surface area contributed by atoms with E-state index in [0.29, 0.717) is 5.56 Å². The molecule has 1 fully saturated rings. The Morgan fingerprint density at radius 2 is 1.86 bits per heavy atom. The second kappa shape index (κ2) is 7.60. The zero-order valence-corrected chi connectivity index (χ0v) is 16.2. The van der Waals surface area contributed by atoms with Crippen LogP contribution in [0.15, 0.2) is 47.4 Å². The van der Waals surface area contributed by atoms with E-state index < -0.39 is 25.5 Å². The van der Waals surface area contributed by atoms with Gasteiger partial charge < -0.3 is 0 Å². The van der Waals surface area contributed by atoms with Crippen LogP contribution in [-0.2, 0) is 21.4 Å². The molecule has 1 aliphatic rings. The summed E-state index contributed by atoms with van der Waals surface area (Å²) in [4.78, 5) is 34.5. The highest BCUT2D eigenvalue weighted by Crippen LogP contribution is 2.29. The lowest BCUT2D eigenvalue weighted by Crippen LogP contribution is -2.27. The summed E-state index contributed by atoms with van der Waals surface area (Å²) in [6, 6.07) is 10.1. The number of rotatable bonds is 6. The normalized spacial score (nSPS) is 14.4. The first-order valence-corrected chi connectivity index (χ1v) is 10.5. The minimum atomic E-state index is -4.19. The standard InChI is InChI=1S/C17H15N3O6S2/c1-11-3-2-4-14(20(23)24)16(11)28(25,26)18-13-7-5-12(6-8-13)9-19-15(21)10-27-17(19)22/h2-8,18H,9-10H2,1H3. The van der Waals surface area contributed by atoms with Crippen molar-refractivity contribution in [2.24, 2.45) is 0 Å². The third-order valence-corrected chi connectivity index (χ3v) is 6.48. The Labute approximate surface area is 164 Å². The number of nitro benzene ring substituents is 1. The van der Waals surface area contributed by atoms with Crippen molar-refractivity contribution in [1.82, 2.24) is 4.90 Å². The van der Waals surface area contributed by atoms with Crippen LogP contribution in [0.1, 0.15) is 11.1 Å². The lowest BCUT2D eigenvalue weighted by molar-refractivity contribution is -0.387. The van der Waals surface area contributed by atoms with Gasteiger partial charge in [-0.25, -0.2) is 8.42 Å². The molecule has 1 saturated heterocycles. The van der Waals surface area contributed by atoms with E-state index in [2.05, 4.69) is 4.72 Å². The van der Waals surface area contributed by atoms with E-state index in [9.17, 15) is 28.1 Å². The summed E-state index contributed by atoms with van der Waals surface area (Å²) in [6.07, 6.45) is 0. The highest BCUT2D eigenvalue weighted by atomic mass is 32.2. The molecule has 1 heterocycles. The quantitative estimate of drug-likeness (QED) is 0.561. The number of nitro groups is 1. The van der Waals surface area contributed by atoms with Crippen molar-refractivity contribution >= 4 is 44.3 Å². The first-order chi connectivity index (χ1) is 13.2. The minimum Gasteiger partial charge on any atom is -0.279 e. The van der Waals surface area contributed by atoms with E-state index in [1.807, 2.05) is 0 Å². The number of hydrogen-bond donors (Lipinski definition) is 1. The van der Waals surface area contributed by atoms with Gasteiger partial charge >= 0.3 is 0 Å². The van der Waals surface area contributed by atoms with Gasteiger partial charge in [-0.2, -0.15) is 0 Å². The van der Waals surface area contributed by atoms with Crippen LogP contribution in [0.5, 0.6) is 0 Å². The molecule has 2 aromatic carbocycles. The van der Waals surface area contributed by atoms with Crippen molar-refractivity contribution < 1.29 is 22.9 Å². The Morgan fingerprint density at radius 1 is 1.18 bits per heavy atom. The summed E-state index contributed by atoms with van der Waals surface area (Å²) in [6.45, 7) is 1.58. The summed E-state index contributed by atoms with van der Waals surface area (Å²) in [5.41, 5.74) is 0.596. The average molecular weight is 421 g/mol. The van der Waals surface area contributed by atoms with Gasteiger partial charge in [0, 0.05) is 11.8 Å². The zero-order valence-electron chi connectivity index (χ0n) is 14.6. The van der Waals surface area contributed by atoms with Crippen LogP contribution >= 0.6 is 11.8 Å². The first kappa shape index (κ1) is 19.8. The number of anilines is 1. The van der Waals surface area contributed by atoms with Crippen molar-refractivity contribution in [2.75, 3.05) is 10.5 Å². The Bertz CT molecular complexity index is 1050. The lowest BCUT2D eigenvalue weighted by atomic mass is 10.2. The number of amides is 2. The maximum atomic E-state index is 12.7. The molecular weight excluding hydrogens is 406 g/mol. The van der Waals surface area contributed by atoms with Gasteiger partial charge in [-0.05, 0) is 30.2 Å². The van der Waals surface area contributed by atoms with Crippen LogP contribution in [0.3, 0.4) is 0 Å². The van der Waals surface area contributed by atoms with Crippen molar-refractivity contribution in [3.05, 3.63) is 63.7 Å². The van der Waals surface area contributed by atoms with Gasteiger partial charge in [-0.3, -0.25) is 29.3 Å². The lowest BCUT2D eigenvalue weighted by Gasteiger charge is -2.14. The molecule has 0 aromatic heterocycles. The molecule has 0 radical (unpaired) electrons. The molecule has 3 rings (SSSR count). The molecule has 1 N–H and O–H groups in total. The molecule has 9 nitrogen and oxygen atoms in total. The molecule has 2 amide bonds. The van der Waals surface area contributed by atoms with E-state index in [0.717, 1.165) is 22.7 Å². The van der Waals surface area contributed by atoms with E-state index >= 15 is 0 Å². The number of nitrogens with one attached hydrogen (secondary N) is 1. The molecular formula is C17H15N3O6S2. The monoisotopic (exact) mass is 421 g/mol. The molecule has 0 aliphatic carbocycles. The largest absolute Gasteiger partial charge is 0.290 e. The topological polar surface area (TPSA) is 127 Å². The second-order valence-electron chi connectivity index (χ2n) is 6.02. The molecule has 0 bridgehead atoms. The molecule has 2 aromatic rings. The van der Waals surface area contributed by atoms with Crippen LogP contribution < -0.4 is 4.72 Å². The van der Waals surface area contributed by atoms with E-state index in [-0.39, 0.29) is 34.7 Å². The molecule has 0 spiro atoms. The zero-order chi connectivity index (χ0) is 20.5. The van der Waals surface area contributed by atoms with Gasteiger partial charge in [-0.1, -0.05) is 36.0 Å². The summed E-state index contributed by atoms with van der Waals surface area (Å²) in [5, 5.41) is 10.9. The Hall–Kier alpha value is -2.92. The number of aryl methyl sites for hydroxylation is 1. The minimum absolute atomic E-state index is 0.0982. The fourth-order valence-corrected chi connectivity index (χ4v) is 4.91. The fraction of sp³-hybridized carbons (Fsp3) is 0.176. The van der Waals surface area contributed by atoms with E-state index in [1.165, 1.54) is 31.2 Å². The fourth-order valence-electron chi connectivity index (χ4n) is 2.73. The van der Waals surface area contributed by atoms with Crippen molar-refractivity contribution in [2.45, 2.75) is 18.4 Å². The van der Waals surface area contributed by atoms with Crippen LogP contribution in [0.2, 0.25) is 0 Å². The van der Waals surface area contributed by atoms with Gasteiger partial charge in [0.05, 0.1) is 17.2 Å². The summed E-state index contributed by atoms with van der Waals surface area (Å²) < 4.78 is 27.7. The van der Waals surface area contributed by atoms with E-state index in [1.54, 1.807) is 12.1 Å². The third-order valence-electron chi connectivity index (χ3n) is 4.04. The number of carbonyl (C=O) groups is 2. The molecule has 0 atom stereocenters. The Balaban J connectivity index is 1.82. The van der Waals surface area contributed by atoms with Gasteiger partial charge in [0.1, 0.15) is 0 Å². The average Bonchev–Trinajstić information content (AvgIpc) is 2.94. The number of thioether (sulfide) groups is 1. The van der Waals surface area contributed by atoms with Crippen molar-refractivity contribution in [3.63, 3.8) is 0 Å². The third kappa shape index (κ3) is 3.99. The number of sulfonamides is 1. The number of hydrogen-bond acceptors (Lipinski definition) is 7. The summed E-state index contributed by atoms with van der Waals surface area (Å²) in [7, 11) is -4.19. The highest BCUT2D eigenvalue weighted by Gasteiger charge is 2.30. The Kier molecular flexibility index (Phi) is 5.38. The molecule has 0 unspecified atom stereocenters. The van der Waals surface area contributed by atoms with Gasteiger partial charge in [0.2, 0.25) is 5.91 Å². The highest BCUT2D eigenvalue weighted by molar-refractivity contribution is 8.14. The van der Waals surface area contributed by atoms with Gasteiger partial charge in [0.15, 0.2) is 4.90 Å². The predicted molar refractivity (Wildman–Crippen MR) is 103 cm³/mol. The van der Waals surface area contributed by atoms with Crippen molar-refractivity contribution in [3.8, 4) is 0 Å². The van der Waals surface area contributed by atoms with Gasteiger partial charge in [0.25, 0.3) is 20.9 Å². The number of benzene rings is 2. The molecule has 11 heteroatoms. The first-order valence-electron chi connectivity index (χ1n) is 8.02. The molecule has 146 valence electrons. The SMILES string of the molecule is Cc1cccc([N+](=O)[O-])c1S(=O)(=O)Nc1ccc(CN2C(=O)CSC2=O)cc1. The number of nitrogens with zero attached hydrogens (tertiary/aromatic N) is 2. The molecule has 0 saturated carbocycles. The number of imide groups is 1. The smallest absolute Gasteiger partial charge is 0.279 e. The Morgan fingerprint density at radius 3 is 2.43 bits per heavy atom. The summed E-state index contributed by atoms with van der Waals surface area (Å²) >= 11 is 0.937. The van der Waals surface area contributed by atoms with Crippen LogP contribution in [-0.4, -0.2) is 35.1 Å². The van der Waals surface area contributed by atoms with Crippen LogP contribution in [0, 0.1) is 17.0 Å². The summed E-state index contributed by atoms with van der Waals surface area (Å²) in [5.74, 6) is -0.155. The molecule has 1 aliphatic heterocycles. The van der Waals surface area contributed by atoms with Crippen LogP contribution in [0.4, 0.5) is 16.2 Å². The predicted octanol–water partition coefficient (Wildman–Crippen LogP) is 2.90.